The number of aromatic nitrogens is 4. The molecule has 1 aliphatic heterocycles. The Hall–Kier alpha value is -2.80. The summed E-state index contributed by atoms with van der Waals surface area (Å²) in [6, 6.07) is 7.59. The Balaban J connectivity index is 1.54. The van der Waals surface area contributed by atoms with E-state index in [4.69, 9.17) is 0 Å². The van der Waals surface area contributed by atoms with Gasteiger partial charge in [0.25, 0.3) is 5.82 Å². The molecule has 2 aromatic heterocycles. The Bertz CT molecular complexity index is 1160. The van der Waals surface area contributed by atoms with Crippen LogP contribution >= 0.6 is 0 Å². The molecular weight excluding hydrogens is 416 g/mol. The Morgan fingerprint density at radius 3 is 2.34 bits per heavy atom. The topological polar surface area (TPSA) is 83.7 Å². The average molecular weight is 430 g/mol. The molecule has 0 spiro atoms. The molecule has 0 radical (unpaired) electrons. The first-order valence-electron chi connectivity index (χ1n) is 8.46. The minimum absolute atomic E-state index is 0.0478. The second-order valence-electron chi connectivity index (χ2n) is 6.33. The second kappa shape index (κ2) is 6.91. The van der Waals surface area contributed by atoms with Crippen LogP contribution in [0.3, 0.4) is 0 Å². The Kier molecular flexibility index (Phi) is 4.65. The predicted molar refractivity (Wildman–Crippen MR) is 93.2 cm³/mol. The molecule has 1 aliphatic rings. The highest BCUT2D eigenvalue weighted by atomic mass is 32.2. The van der Waals surface area contributed by atoms with Crippen LogP contribution < -0.4 is 4.90 Å². The highest BCUT2D eigenvalue weighted by Crippen LogP contribution is 2.28. The zero-order valence-corrected chi connectivity index (χ0v) is 15.5. The van der Waals surface area contributed by atoms with E-state index >= 15 is 0 Å². The molecule has 29 heavy (non-hydrogen) atoms. The number of alkyl halides is 3. The maximum atomic E-state index is 13.4. The molecule has 0 amide bonds. The first-order valence-corrected chi connectivity index (χ1v) is 9.90. The lowest BCUT2D eigenvalue weighted by Gasteiger charge is -2.34. The average Bonchev–Trinajstić information content (AvgIpc) is 3.12. The van der Waals surface area contributed by atoms with Gasteiger partial charge in [-0.25, -0.2) is 12.8 Å². The number of rotatable bonds is 3. The number of nitrogens with zero attached hydrogens (tertiary/aromatic N) is 6. The van der Waals surface area contributed by atoms with Gasteiger partial charge < -0.3 is 4.90 Å². The van der Waals surface area contributed by atoms with Crippen molar-refractivity contribution in [1.82, 2.24) is 24.1 Å². The van der Waals surface area contributed by atoms with Crippen molar-refractivity contribution in [3.8, 4) is 0 Å². The summed E-state index contributed by atoms with van der Waals surface area (Å²) in [5.74, 6) is -1.65. The summed E-state index contributed by atoms with van der Waals surface area (Å²) >= 11 is 0. The molecule has 1 aromatic carbocycles. The van der Waals surface area contributed by atoms with Crippen LogP contribution in [0.1, 0.15) is 5.82 Å². The zero-order valence-electron chi connectivity index (χ0n) is 14.7. The highest BCUT2D eigenvalue weighted by molar-refractivity contribution is 7.89. The van der Waals surface area contributed by atoms with Crippen molar-refractivity contribution in [2.75, 3.05) is 31.1 Å². The van der Waals surface area contributed by atoms with E-state index in [1.54, 1.807) is 4.90 Å². The number of sulfonamides is 1. The molecule has 1 fully saturated rings. The van der Waals surface area contributed by atoms with E-state index in [0.29, 0.717) is 4.52 Å². The third-order valence-electron chi connectivity index (χ3n) is 4.50. The molecule has 0 unspecified atom stereocenters. The van der Waals surface area contributed by atoms with Gasteiger partial charge in [-0.2, -0.15) is 22.0 Å². The van der Waals surface area contributed by atoms with Gasteiger partial charge in [-0.05, 0) is 30.3 Å². The first kappa shape index (κ1) is 19.5. The van der Waals surface area contributed by atoms with E-state index in [9.17, 15) is 26.0 Å². The van der Waals surface area contributed by atoms with E-state index in [-0.39, 0.29) is 42.5 Å². The van der Waals surface area contributed by atoms with Crippen LogP contribution in [-0.2, 0) is 16.2 Å². The first-order chi connectivity index (χ1) is 13.7. The van der Waals surface area contributed by atoms with Gasteiger partial charge in [0.15, 0.2) is 5.65 Å². The summed E-state index contributed by atoms with van der Waals surface area (Å²) in [5, 5.41) is 10.5. The van der Waals surface area contributed by atoms with Gasteiger partial charge in [0.2, 0.25) is 10.0 Å². The SMILES string of the molecule is O=S(=O)(c1cccc(F)c1)N1CCN(c2ccc3nnc(C(F)(F)F)n3n2)CC1. The van der Waals surface area contributed by atoms with Crippen LogP contribution in [0.2, 0.25) is 0 Å². The smallest absolute Gasteiger partial charge is 0.353 e. The van der Waals surface area contributed by atoms with Crippen LogP contribution in [-0.4, -0.2) is 58.7 Å². The van der Waals surface area contributed by atoms with Gasteiger partial charge in [-0.15, -0.1) is 15.3 Å². The summed E-state index contributed by atoms with van der Waals surface area (Å²) < 4.78 is 79.6. The summed E-state index contributed by atoms with van der Waals surface area (Å²) in [5.41, 5.74) is -0.0478. The summed E-state index contributed by atoms with van der Waals surface area (Å²) in [6.07, 6.45) is -4.71. The fraction of sp³-hybridized carbons (Fsp3) is 0.312. The Morgan fingerprint density at radius 2 is 1.69 bits per heavy atom. The fourth-order valence-electron chi connectivity index (χ4n) is 3.06. The van der Waals surface area contributed by atoms with Crippen molar-refractivity contribution in [3.63, 3.8) is 0 Å². The van der Waals surface area contributed by atoms with Gasteiger partial charge in [-0.3, -0.25) is 0 Å². The normalized spacial score (nSPS) is 16.5. The monoisotopic (exact) mass is 430 g/mol. The summed E-state index contributed by atoms with van der Waals surface area (Å²) in [4.78, 5) is 1.52. The lowest BCUT2D eigenvalue weighted by molar-refractivity contribution is -0.146. The van der Waals surface area contributed by atoms with Crippen molar-refractivity contribution >= 4 is 21.5 Å². The molecule has 0 saturated carbocycles. The van der Waals surface area contributed by atoms with Crippen molar-refractivity contribution in [2.45, 2.75) is 11.1 Å². The minimum Gasteiger partial charge on any atom is -0.353 e. The van der Waals surface area contributed by atoms with Gasteiger partial charge in [-0.1, -0.05) is 6.07 Å². The molecule has 1 saturated heterocycles. The largest absolute Gasteiger partial charge is 0.453 e. The number of hydrogen-bond donors (Lipinski definition) is 0. The van der Waals surface area contributed by atoms with Crippen molar-refractivity contribution in [3.05, 3.63) is 48.0 Å². The lowest BCUT2D eigenvalue weighted by Crippen LogP contribution is -2.49. The number of hydrogen-bond acceptors (Lipinski definition) is 6. The third kappa shape index (κ3) is 3.62. The van der Waals surface area contributed by atoms with Crippen LogP contribution in [0.15, 0.2) is 41.3 Å². The predicted octanol–water partition coefficient (Wildman–Crippen LogP) is 1.79. The quantitative estimate of drug-likeness (QED) is 0.590. The Morgan fingerprint density at radius 1 is 0.966 bits per heavy atom. The molecule has 154 valence electrons. The zero-order chi connectivity index (χ0) is 20.8. The van der Waals surface area contributed by atoms with Crippen molar-refractivity contribution < 1.29 is 26.0 Å². The number of fused-ring (bicyclic) bond motifs is 1. The molecule has 13 heteroatoms. The fourth-order valence-corrected chi connectivity index (χ4v) is 4.51. The highest BCUT2D eigenvalue weighted by Gasteiger charge is 2.38. The summed E-state index contributed by atoms with van der Waals surface area (Å²) in [7, 11) is -3.87. The number of halogens is 4. The number of anilines is 1. The van der Waals surface area contributed by atoms with Crippen LogP contribution in [0.25, 0.3) is 5.65 Å². The van der Waals surface area contributed by atoms with E-state index in [1.807, 2.05) is 0 Å². The van der Waals surface area contributed by atoms with Crippen LogP contribution in [0.4, 0.5) is 23.4 Å². The molecule has 0 atom stereocenters. The van der Waals surface area contributed by atoms with Gasteiger partial charge in [0.05, 0.1) is 4.90 Å². The van der Waals surface area contributed by atoms with Crippen molar-refractivity contribution in [2.24, 2.45) is 0 Å². The Labute approximate surface area is 162 Å². The summed E-state index contributed by atoms with van der Waals surface area (Å²) in [6.45, 7) is 0.562. The van der Waals surface area contributed by atoms with Gasteiger partial charge in [0, 0.05) is 26.2 Å². The lowest BCUT2D eigenvalue weighted by atomic mass is 10.3. The number of piperazine rings is 1. The maximum Gasteiger partial charge on any atom is 0.453 e. The van der Waals surface area contributed by atoms with Gasteiger partial charge in [0.1, 0.15) is 11.6 Å². The van der Waals surface area contributed by atoms with Gasteiger partial charge >= 0.3 is 6.18 Å². The molecule has 0 aliphatic carbocycles. The molecule has 3 heterocycles. The third-order valence-corrected chi connectivity index (χ3v) is 6.39. The maximum absolute atomic E-state index is 13.4. The van der Waals surface area contributed by atoms with Crippen molar-refractivity contribution in [1.29, 1.82) is 0 Å². The van der Waals surface area contributed by atoms with Crippen LogP contribution in [0.5, 0.6) is 0 Å². The standard InChI is InChI=1S/C16H14F4N6O2S/c17-11-2-1-3-12(10-11)29(27,28)25-8-6-24(7-9-25)14-5-4-13-21-22-15(16(18,19)20)26(13)23-14/h1-5,10H,6-9H2. The van der Waals surface area contributed by atoms with E-state index in [1.165, 1.54) is 28.6 Å². The van der Waals surface area contributed by atoms with E-state index in [0.717, 1.165) is 12.1 Å². The molecule has 0 bridgehead atoms. The molecule has 8 nitrogen and oxygen atoms in total. The van der Waals surface area contributed by atoms with E-state index in [2.05, 4.69) is 15.3 Å². The second-order valence-corrected chi connectivity index (χ2v) is 8.27. The number of benzene rings is 1. The molecular formula is C16H14F4N6O2S. The van der Waals surface area contributed by atoms with Crippen LogP contribution in [0, 0.1) is 5.82 Å². The molecule has 4 rings (SSSR count). The molecule has 3 aromatic rings. The minimum atomic E-state index is -4.71. The molecule has 0 N–H and O–H groups in total. The van der Waals surface area contributed by atoms with E-state index < -0.39 is 27.8 Å².